The van der Waals surface area contributed by atoms with Crippen LogP contribution in [0.3, 0.4) is 0 Å². The van der Waals surface area contributed by atoms with Crippen molar-refractivity contribution in [1.82, 2.24) is 10.2 Å². The van der Waals surface area contributed by atoms with Gasteiger partial charge in [-0.05, 0) is 37.5 Å². The maximum Gasteiger partial charge on any atom is 0.0622 e. The zero-order chi connectivity index (χ0) is 14.7. The first-order valence-electron chi connectivity index (χ1n) is 9.31. The van der Waals surface area contributed by atoms with Gasteiger partial charge in [0.1, 0.15) is 0 Å². The van der Waals surface area contributed by atoms with Crippen molar-refractivity contribution >= 4 is 0 Å². The van der Waals surface area contributed by atoms with Crippen molar-refractivity contribution in [2.45, 2.75) is 76.9 Å². The fourth-order valence-electron chi connectivity index (χ4n) is 4.69. The molecule has 1 N–H and O–H groups in total. The van der Waals surface area contributed by atoms with E-state index in [-0.39, 0.29) is 0 Å². The lowest BCUT2D eigenvalue weighted by Gasteiger charge is -2.46. The van der Waals surface area contributed by atoms with Gasteiger partial charge in [-0.2, -0.15) is 0 Å². The molecule has 3 atom stereocenters. The minimum atomic E-state index is 0.682. The fourth-order valence-corrected chi connectivity index (χ4v) is 4.69. The van der Waals surface area contributed by atoms with E-state index in [1.807, 2.05) is 0 Å². The first-order valence-corrected chi connectivity index (χ1v) is 9.31. The van der Waals surface area contributed by atoms with Crippen LogP contribution in [-0.4, -0.2) is 49.3 Å². The Kier molecular flexibility index (Phi) is 5.58. The third-order valence-electron chi connectivity index (χ3n) is 5.83. The second kappa shape index (κ2) is 7.43. The molecule has 2 heterocycles. The lowest BCUT2D eigenvalue weighted by Crippen LogP contribution is -2.61. The van der Waals surface area contributed by atoms with Crippen molar-refractivity contribution in [1.29, 1.82) is 0 Å². The molecule has 1 aliphatic carbocycles. The van der Waals surface area contributed by atoms with Gasteiger partial charge >= 0.3 is 0 Å². The summed E-state index contributed by atoms with van der Waals surface area (Å²) in [5.74, 6) is 1.71. The molecule has 3 unspecified atom stereocenters. The molecule has 2 saturated heterocycles. The zero-order valence-corrected chi connectivity index (χ0v) is 14.0. The van der Waals surface area contributed by atoms with Gasteiger partial charge in [-0.3, -0.25) is 4.90 Å². The highest BCUT2D eigenvalue weighted by Gasteiger charge is 2.37. The van der Waals surface area contributed by atoms with E-state index < -0.39 is 0 Å². The first-order chi connectivity index (χ1) is 10.2. The maximum atomic E-state index is 5.68. The van der Waals surface area contributed by atoms with Crippen LogP contribution in [0.15, 0.2) is 0 Å². The summed E-state index contributed by atoms with van der Waals surface area (Å²) >= 11 is 0. The molecule has 0 aromatic rings. The molecule has 21 heavy (non-hydrogen) atoms. The van der Waals surface area contributed by atoms with Gasteiger partial charge in [-0.15, -0.1) is 0 Å². The van der Waals surface area contributed by atoms with Crippen molar-refractivity contribution in [3.63, 3.8) is 0 Å². The predicted molar refractivity (Wildman–Crippen MR) is 87.5 cm³/mol. The maximum absolute atomic E-state index is 5.68. The molecule has 0 aromatic carbocycles. The number of hydrogen-bond donors (Lipinski definition) is 1. The standard InChI is InChI=1S/C18H34N2O/c1-14(2)10-17-11-19-18(15-6-4-3-5-7-15)12-20(17)16-8-9-21-13-16/h14-19H,3-13H2,1-2H3. The number of nitrogens with zero attached hydrogens (tertiary/aromatic N) is 1. The Hall–Kier alpha value is -0.120. The van der Waals surface area contributed by atoms with Crippen LogP contribution in [0.4, 0.5) is 0 Å². The predicted octanol–water partition coefficient (Wildman–Crippen LogP) is 3.04. The van der Waals surface area contributed by atoms with Gasteiger partial charge in [0.25, 0.3) is 0 Å². The molecule has 0 bridgehead atoms. The van der Waals surface area contributed by atoms with Crippen molar-refractivity contribution in [3.05, 3.63) is 0 Å². The molecular formula is C18H34N2O. The van der Waals surface area contributed by atoms with Crippen LogP contribution in [0.25, 0.3) is 0 Å². The lowest BCUT2D eigenvalue weighted by molar-refractivity contribution is 0.0418. The topological polar surface area (TPSA) is 24.5 Å². The quantitative estimate of drug-likeness (QED) is 0.862. The van der Waals surface area contributed by atoms with Gasteiger partial charge < -0.3 is 10.1 Å². The van der Waals surface area contributed by atoms with Crippen LogP contribution in [0.1, 0.15) is 58.8 Å². The molecule has 2 aliphatic heterocycles. The summed E-state index contributed by atoms with van der Waals surface area (Å²) in [6.45, 7) is 9.10. The molecule has 3 fully saturated rings. The summed E-state index contributed by atoms with van der Waals surface area (Å²) < 4.78 is 5.68. The van der Waals surface area contributed by atoms with Crippen LogP contribution in [0.2, 0.25) is 0 Å². The van der Waals surface area contributed by atoms with Gasteiger partial charge in [-0.1, -0.05) is 33.1 Å². The van der Waals surface area contributed by atoms with Gasteiger partial charge in [0.05, 0.1) is 6.61 Å². The molecule has 3 heteroatoms. The molecule has 0 radical (unpaired) electrons. The average Bonchev–Trinajstić information content (AvgIpc) is 3.02. The summed E-state index contributed by atoms with van der Waals surface area (Å²) in [5, 5.41) is 3.92. The molecule has 3 aliphatic rings. The van der Waals surface area contributed by atoms with Crippen LogP contribution in [0.5, 0.6) is 0 Å². The largest absolute Gasteiger partial charge is 0.380 e. The Morgan fingerprint density at radius 3 is 2.62 bits per heavy atom. The number of nitrogens with one attached hydrogen (secondary N) is 1. The summed E-state index contributed by atoms with van der Waals surface area (Å²) in [5.41, 5.74) is 0. The first kappa shape index (κ1) is 15.8. The Morgan fingerprint density at radius 1 is 1.14 bits per heavy atom. The highest BCUT2D eigenvalue weighted by molar-refractivity contribution is 4.94. The Morgan fingerprint density at radius 2 is 1.95 bits per heavy atom. The molecule has 0 aromatic heterocycles. The third kappa shape index (κ3) is 4.00. The SMILES string of the molecule is CC(C)CC1CNC(C2CCCCC2)CN1C1CCOC1. The molecule has 0 amide bonds. The summed E-state index contributed by atoms with van der Waals surface area (Å²) in [4.78, 5) is 2.82. The second-order valence-electron chi connectivity index (χ2n) is 7.91. The van der Waals surface area contributed by atoms with E-state index >= 15 is 0 Å². The normalized spacial score (nSPS) is 36.4. The Labute approximate surface area is 130 Å². The molecular weight excluding hydrogens is 260 g/mol. The molecule has 1 saturated carbocycles. The molecule has 122 valence electrons. The van der Waals surface area contributed by atoms with Crippen molar-refractivity contribution < 1.29 is 4.74 Å². The van der Waals surface area contributed by atoms with Crippen molar-refractivity contribution in [2.24, 2.45) is 11.8 Å². The van der Waals surface area contributed by atoms with Crippen molar-refractivity contribution in [2.75, 3.05) is 26.3 Å². The van der Waals surface area contributed by atoms with Gasteiger partial charge in [0.15, 0.2) is 0 Å². The highest BCUT2D eigenvalue weighted by atomic mass is 16.5. The monoisotopic (exact) mass is 294 g/mol. The van der Waals surface area contributed by atoms with E-state index in [0.717, 1.165) is 37.1 Å². The van der Waals surface area contributed by atoms with Crippen LogP contribution >= 0.6 is 0 Å². The van der Waals surface area contributed by atoms with Gasteiger partial charge in [0.2, 0.25) is 0 Å². The summed E-state index contributed by atoms with van der Waals surface area (Å²) in [6.07, 6.45) is 9.81. The molecule has 0 spiro atoms. The van der Waals surface area contributed by atoms with Gasteiger partial charge in [0, 0.05) is 37.8 Å². The summed E-state index contributed by atoms with van der Waals surface area (Å²) in [7, 11) is 0. The fraction of sp³-hybridized carbons (Fsp3) is 1.00. The number of piperazine rings is 1. The second-order valence-corrected chi connectivity index (χ2v) is 7.91. The highest BCUT2D eigenvalue weighted by Crippen LogP contribution is 2.30. The number of rotatable bonds is 4. The van der Waals surface area contributed by atoms with Crippen LogP contribution < -0.4 is 5.32 Å². The van der Waals surface area contributed by atoms with E-state index in [9.17, 15) is 0 Å². The number of ether oxygens (including phenoxy) is 1. The van der Waals surface area contributed by atoms with E-state index in [2.05, 4.69) is 24.1 Å². The van der Waals surface area contributed by atoms with Crippen LogP contribution in [0, 0.1) is 11.8 Å². The Bertz CT molecular complexity index is 308. The number of hydrogen-bond acceptors (Lipinski definition) is 3. The lowest BCUT2D eigenvalue weighted by atomic mass is 9.82. The molecule has 3 nitrogen and oxygen atoms in total. The zero-order valence-electron chi connectivity index (χ0n) is 14.0. The van der Waals surface area contributed by atoms with E-state index in [1.165, 1.54) is 58.0 Å². The van der Waals surface area contributed by atoms with E-state index in [0.29, 0.717) is 6.04 Å². The average molecular weight is 294 g/mol. The van der Waals surface area contributed by atoms with E-state index in [4.69, 9.17) is 4.74 Å². The third-order valence-corrected chi connectivity index (χ3v) is 5.83. The Balaban J connectivity index is 1.63. The summed E-state index contributed by atoms with van der Waals surface area (Å²) in [6, 6.07) is 2.13. The van der Waals surface area contributed by atoms with Gasteiger partial charge in [-0.25, -0.2) is 0 Å². The van der Waals surface area contributed by atoms with Crippen LogP contribution in [-0.2, 0) is 4.74 Å². The smallest absolute Gasteiger partial charge is 0.0622 e. The molecule has 3 rings (SSSR count). The van der Waals surface area contributed by atoms with E-state index in [1.54, 1.807) is 0 Å². The van der Waals surface area contributed by atoms with Crippen molar-refractivity contribution in [3.8, 4) is 0 Å². The minimum absolute atomic E-state index is 0.682. The minimum Gasteiger partial charge on any atom is -0.380 e.